The monoisotopic (exact) mass is 231 g/mol. The van der Waals surface area contributed by atoms with Crippen molar-refractivity contribution in [3.8, 4) is 0 Å². The van der Waals surface area contributed by atoms with Crippen LogP contribution in [0.1, 0.15) is 33.5 Å². The van der Waals surface area contributed by atoms with Gasteiger partial charge < -0.3 is 7.16 Å². The minimum atomic E-state index is -3.90. The molecule has 0 aliphatic heterocycles. The topological polar surface area (TPSA) is 80.4 Å². The molecule has 1 aliphatic carbocycles. The molecule has 1 rings (SSSR count). The third-order valence-electron chi connectivity index (χ3n) is 2.66. The van der Waals surface area contributed by atoms with Crippen LogP contribution in [-0.2, 0) is 10.1 Å². The molecule has 0 bridgehead atoms. The number of rotatable bonds is 3. The maximum atomic E-state index is 10.6. The molecule has 3 N–H and O–H groups in total. The number of nitrogens with two attached hydrogens (primary N) is 1. The molecule has 0 saturated heterocycles. The smallest absolute Gasteiger partial charge is 1.00 e. The van der Waals surface area contributed by atoms with Crippen molar-refractivity contribution in [2.45, 2.75) is 38.1 Å². The van der Waals surface area contributed by atoms with Gasteiger partial charge in [-0.25, -0.2) is 0 Å². The average molecular weight is 231 g/mol. The molecular formula is C8H18NNaO3S. The van der Waals surface area contributed by atoms with Crippen molar-refractivity contribution in [3.63, 3.8) is 0 Å². The Kier molecular flexibility index (Phi) is 6.85. The summed E-state index contributed by atoms with van der Waals surface area (Å²) in [6, 6.07) is -0.393. The van der Waals surface area contributed by atoms with Gasteiger partial charge in [0.15, 0.2) is 0 Å². The van der Waals surface area contributed by atoms with Gasteiger partial charge in [-0.3, -0.25) is 4.55 Å². The Bertz CT molecular complexity index is 255. The first-order valence-electron chi connectivity index (χ1n) is 4.70. The number of hydrogen-bond donors (Lipinski definition) is 2. The Morgan fingerprint density at radius 2 is 1.86 bits per heavy atom. The first-order valence-corrected chi connectivity index (χ1v) is 6.31. The van der Waals surface area contributed by atoms with Crippen LogP contribution in [0.5, 0.6) is 0 Å². The molecule has 1 unspecified atom stereocenters. The molecule has 4 nitrogen and oxygen atoms in total. The summed E-state index contributed by atoms with van der Waals surface area (Å²) in [6.45, 7) is 0. The van der Waals surface area contributed by atoms with E-state index >= 15 is 0 Å². The van der Waals surface area contributed by atoms with Gasteiger partial charge in [-0.05, 0) is 18.8 Å². The molecule has 1 aliphatic rings. The second-order valence-corrected chi connectivity index (χ2v) is 5.31. The van der Waals surface area contributed by atoms with Gasteiger partial charge >= 0.3 is 29.6 Å². The summed E-state index contributed by atoms with van der Waals surface area (Å²) < 4.78 is 29.7. The zero-order chi connectivity index (χ0) is 9.90. The Hall–Kier alpha value is 0.870. The van der Waals surface area contributed by atoms with Crippen LogP contribution < -0.4 is 35.3 Å². The molecule has 1 fully saturated rings. The Balaban J connectivity index is 0. The van der Waals surface area contributed by atoms with E-state index in [1.165, 1.54) is 6.42 Å². The van der Waals surface area contributed by atoms with Crippen molar-refractivity contribution in [2.75, 3.05) is 5.75 Å². The summed E-state index contributed by atoms with van der Waals surface area (Å²) in [6.07, 6.45) is 5.47. The molecule has 1 atom stereocenters. The van der Waals surface area contributed by atoms with Gasteiger partial charge in [-0.15, -0.1) is 0 Å². The van der Waals surface area contributed by atoms with Gasteiger partial charge in [0, 0.05) is 6.04 Å². The van der Waals surface area contributed by atoms with Crippen molar-refractivity contribution in [1.29, 1.82) is 0 Å². The van der Waals surface area contributed by atoms with Crippen LogP contribution in [0.15, 0.2) is 0 Å². The summed E-state index contributed by atoms with van der Waals surface area (Å²) in [5, 5.41) is 0. The molecule has 80 valence electrons. The normalized spacial score (nSPS) is 21.3. The van der Waals surface area contributed by atoms with Crippen molar-refractivity contribution in [2.24, 2.45) is 11.7 Å². The quantitative estimate of drug-likeness (QED) is 0.431. The molecule has 0 amide bonds. The fourth-order valence-corrected chi connectivity index (χ4v) is 2.70. The van der Waals surface area contributed by atoms with Gasteiger partial charge in [-0.2, -0.15) is 8.42 Å². The van der Waals surface area contributed by atoms with E-state index in [1.54, 1.807) is 0 Å². The van der Waals surface area contributed by atoms with Crippen molar-refractivity contribution < 1.29 is 44.0 Å². The van der Waals surface area contributed by atoms with Gasteiger partial charge in [0.05, 0.1) is 5.75 Å². The summed E-state index contributed by atoms with van der Waals surface area (Å²) >= 11 is 0. The molecule has 0 aromatic heterocycles. The molecule has 6 heteroatoms. The van der Waals surface area contributed by atoms with Crippen LogP contribution in [0.25, 0.3) is 0 Å². The number of hydrogen-bond acceptors (Lipinski definition) is 3. The maximum Gasteiger partial charge on any atom is 1.00 e. The molecule has 0 radical (unpaired) electrons. The fourth-order valence-electron chi connectivity index (χ4n) is 1.94. The van der Waals surface area contributed by atoms with Crippen LogP contribution in [0.4, 0.5) is 0 Å². The second kappa shape index (κ2) is 6.45. The van der Waals surface area contributed by atoms with Gasteiger partial charge in [0.1, 0.15) is 0 Å². The van der Waals surface area contributed by atoms with E-state index in [-0.39, 0.29) is 42.7 Å². The Labute approximate surface area is 109 Å². The molecule has 14 heavy (non-hydrogen) atoms. The molecule has 0 spiro atoms. The van der Waals surface area contributed by atoms with E-state index in [0.717, 1.165) is 25.7 Å². The zero-order valence-electron chi connectivity index (χ0n) is 9.65. The van der Waals surface area contributed by atoms with E-state index in [0.29, 0.717) is 0 Å². The van der Waals surface area contributed by atoms with Crippen LogP contribution in [0, 0.1) is 5.92 Å². The third-order valence-corrected chi connectivity index (χ3v) is 3.46. The van der Waals surface area contributed by atoms with Crippen LogP contribution >= 0.6 is 0 Å². The minimum Gasteiger partial charge on any atom is -1.00 e. The minimum absolute atomic E-state index is 0. The SMILES string of the molecule is NC(CS(=O)(=O)O)C1CCCCC1.[H-].[Na+]. The zero-order valence-corrected chi connectivity index (χ0v) is 11.5. The van der Waals surface area contributed by atoms with Gasteiger partial charge in [-0.1, -0.05) is 19.3 Å². The molecular weight excluding hydrogens is 213 g/mol. The van der Waals surface area contributed by atoms with Crippen molar-refractivity contribution in [1.82, 2.24) is 0 Å². The second-order valence-electron chi connectivity index (χ2n) is 3.81. The Morgan fingerprint density at radius 1 is 1.36 bits per heavy atom. The summed E-state index contributed by atoms with van der Waals surface area (Å²) in [5.74, 6) is -0.0202. The standard InChI is InChI=1S/C8H17NO3S.Na.H/c9-8(6-13(10,11)12)7-4-2-1-3-5-7;;/h7-8H,1-6,9H2,(H,10,11,12);;/q;+1;-1. The third kappa shape index (κ3) is 5.68. The maximum absolute atomic E-state index is 10.6. The molecule has 0 aromatic carbocycles. The van der Waals surface area contributed by atoms with Gasteiger partial charge in [0.25, 0.3) is 10.1 Å². The van der Waals surface area contributed by atoms with E-state index in [2.05, 4.69) is 0 Å². The van der Waals surface area contributed by atoms with Crippen LogP contribution in [0.2, 0.25) is 0 Å². The van der Waals surface area contributed by atoms with Crippen molar-refractivity contribution in [3.05, 3.63) is 0 Å². The first kappa shape index (κ1) is 14.9. The van der Waals surface area contributed by atoms with E-state index in [9.17, 15) is 8.42 Å². The summed E-state index contributed by atoms with van der Waals surface area (Å²) in [4.78, 5) is 0. The average Bonchev–Trinajstić information content (AvgIpc) is 2.03. The fraction of sp³-hybridized carbons (Fsp3) is 1.00. The predicted octanol–water partition coefficient (Wildman–Crippen LogP) is -2.10. The molecule has 1 saturated carbocycles. The van der Waals surface area contributed by atoms with E-state index < -0.39 is 16.2 Å². The Morgan fingerprint density at radius 3 is 2.29 bits per heavy atom. The van der Waals surface area contributed by atoms with Crippen molar-refractivity contribution >= 4 is 10.1 Å². The molecule has 0 heterocycles. The summed E-state index contributed by atoms with van der Waals surface area (Å²) in [7, 11) is -3.90. The largest absolute Gasteiger partial charge is 1.00 e. The van der Waals surface area contributed by atoms with Gasteiger partial charge in [0.2, 0.25) is 0 Å². The summed E-state index contributed by atoms with van der Waals surface area (Å²) in [5.41, 5.74) is 5.70. The van der Waals surface area contributed by atoms with E-state index in [1.807, 2.05) is 0 Å². The predicted molar refractivity (Wildman–Crippen MR) is 52.1 cm³/mol. The van der Waals surface area contributed by atoms with Crippen LogP contribution in [0.3, 0.4) is 0 Å². The molecule has 0 aromatic rings. The van der Waals surface area contributed by atoms with E-state index in [4.69, 9.17) is 10.3 Å². The van der Waals surface area contributed by atoms with Crippen LogP contribution in [-0.4, -0.2) is 24.8 Å². The first-order chi connectivity index (χ1) is 5.99.